The Labute approximate surface area is 129 Å². The SMILES string of the molecule is CC(C)=C[C@@H]1CN(Cc2ccccc2)[C@H]2CCCC[C@@H]2N1. The fraction of sp³-hybridized carbons (Fsp3) is 0.579. The maximum atomic E-state index is 3.88. The monoisotopic (exact) mass is 284 g/mol. The Hall–Kier alpha value is -1.12. The summed E-state index contributed by atoms with van der Waals surface area (Å²) in [6, 6.07) is 12.9. The Morgan fingerprint density at radius 2 is 1.95 bits per heavy atom. The molecule has 114 valence electrons. The molecule has 1 saturated carbocycles. The maximum Gasteiger partial charge on any atom is 0.0384 e. The first-order chi connectivity index (χ1) is 10.2. The van der Waals surface area contributed by atoms with Crippen molar-refractivity contribution in [3.8, 4) is 0 Å². The van der Waals surface area contributed by atoms with E-state index in [-0.39, 0.29) is 0 Å². The molecular weight excluding hydrogens is 256 g/mol. The summed E-state index contributed by atoms with van der Waals surface area (Å²) in [6.07, 6.45) is 7.87. The summed E-state index contributed by atoms with van der Waals surface area (Å²) < 4.78 is 0. The maximum absolute atomic E-state index is 3.88. The number of piperazine rings is 1. The number of hydrogen-bond acceptors (Lipinski definition) is 2. The molecule has 2 fully saturated rings. The van der Waals surface area contributed by atoms with Gasteiger partial charge in [0, 0.05) is 31.2 Å². The van der Waals surface area contributed by atoms with Gasteiger partial charge < -0.3 is 5.32 Å². The van der Waals surface area contributed by atoms with Crippen LogP contribution in [-0.4, -0.2) is 29.6 Å². The van der Waals surface area contributed by atoms with Crippen LogP contribution in [0.5, 0.6) is 0 Å². The molecule has 1 heterocycles. The lowest BCUT2D eigenvalue weighted by Crippen LogP contribution is -2.62. The van der Waals surface area contributed by atoms with Gasteiger partial charge in [-0.05, 0) is 32.3 Å². The Kier molecular flexibility index (Phi) is 4.77. The number of nitrogens with one attached hydrogen (secondary N) is 1. The largest absolute Gasteiger partial charge is 0.305 e. The second-order valence-corrected chi connectivity index (χ2v) is 6.89. The van der Waals surface area contributed by atoms with Crippen LogP contribution < -0.4 is 5.32 Å². The van der Waals surface area contributed by atoms with Crippen LogP contribution in [0.4, 0.5) is 0 Å². The van der Waals surface area contributed by atoms with Crippen molar-refractivity contribution in [2.24, 2.45) is 0 Å². The van der Waals surface area contributed by atoms with Gasteiger partial charge in [0.15, 0.2) is 0 Å². The minimum atomic E-state index is 0.512. The van der Waals surface area contributed by atoms with Crippen LogP contribution in [-0.2, 0) is 6.54 Å². The van der Waals surface area contributed by atoms with Gasteiger partial charge in [-0.3, -0.25) is 4.90 Å². The Morgan fingerprint density at radius 3 is 2.71 bits per heavy atom. The van der Waals surface area contributed by atoms with E-state index in [1.807, 2.05) is 0 Å². The summed E-state index contributed by atoms with van der Waals surface area (Å²) in [4.78, 5) is 2.72. The second kappa shape index (κ2) is 6.76. The molecule has 0 unspecified atom stereocenters. The van der Waals surface area contributed by atoms with Crippen molar-refractivity contribution < 1.29 is 0 Å². The highest BCUT2D eigenvalue weighted by atomic mass is 15.2. The topological polar surface area (TPSA) is 15.3 Å². The molecule has 2 nitrogen and oxygen atoms in total. The van der Waals surface area contributed by atoms with Crippen molar-refractivity contribution >= 4 is 0 Å². The molecule has 0 radical (unpaired) electrons. The number of rotatable bonds is 3. The molecule has 1 aliphatic heterocycles. The zero-order valence-corrected chi connectivity index (χ0v) is 13.4. The molecule has 0 aromatic heterocycles. The predicted octanol–water partition coefficient (Wildman–Crippen LogP) is 3.74. The standard InChI is InChI=1S/C19H28N2/c1-15(2)12-17-14-21(13-16-8-4-3-5-9-16)19-11-7-6-10-18(19)20-17/h3-5,8-9,12,17-20H,6-7,10-11,13-14H2,1-2H3/t17-,18+,19+/m1/s1. The molecule has 2 aliphatic rings. The molecule has 3 atom stereocenters. The lowest BCUT2D eigenvalue weighted by Gasteiger charge is -2.47. The smallest absolute Gasteiger partial charge is 0.0384 e. The van der Waals surface area contributed by atoms with E-state index in [4.69, 9.17) is 0 Å². The Balaban J connectivity index is 1.76. The number of fused-ring (bicyclic) bond motifs is 1. The van der Waals surface area contributed by atoms with E-state index in [9.17, 15) is 0 Å². The van der Waals surface area contributed by atoms with E-state index in [1.165, 1.54) is 36.8 Å². The molecule has 1 aliphatic carbocycles. The van der Waals surface area contributed by atoms with Crippen molar-refractivity contribution in [2.45, 2.75) is 64.2 Å². The van der Waals surface area contributed by atoms with Crippen LogP contribution in [0.25, 0.3) is 0 Å². The van der Waals surface area contributed by atoms with Crippen molar-refractivity contribution in [3.63, 3.8) is 0 Å². The Bertz CT molecular complexity index is 476. The van der Waals surface area contributed by atoms with Gasteiger partial charge in [-0.15, -0.1) is 0 Å². The summed E-state index contributed by atoms with van der Waals surface area (Å²) >= 11 is 0. The molecule has 3 rings (SSSR count). The van der Waals surface area contributed by atoms with Crippen molar-refractivity contribution in [1.29, 1.82) is 0 Å². The average Bonchev–Trinajstić information content (AvgIpc) is 2.47. The Morgan fingerprint density at radius 1 is 1.19 bits per heavy atom. The highest BCUT2D eigenvalue weighted by Gasteiger charge is 2.36. The third-order valence-electron chi connectivity index (χ3n) is 4.82. The van der Waals surface area contributed by atoms with Crippen LogP contribution in [0.15, 0.2) is 42.0 Å². The predicted molar refractivity (Wildman–Crippen MR) is 89.3 cm³/mol. The van der Waals surface area contributed by atoms with E-state index in [1.54, 1.807) is 0 Å². The molecule has 1 N–H and O–H groups in total. The first kappa shape index (κ1) is 14.8. The van der Waals surface area contributed by atoms with Gasteiger partial charge in [0.05, 0.1) is 0 Å². The van der Waals surface area contributed by atoms with Gasteiger partial charge in [-0.2, -0.15) is 0 Å². The fourth-order valence-corrected chi connectivity index (χ4v) is 3.96. The van der Waals surface area contributed by atoms with E-state index in [2.05, 4.69) is 60.5 Å². The molecule has 1 aromatic rings. The molecule has 1 saturated heterocycles. The summed E-state index contributed by atoms with van der Waals surface area (Å²) in [5, 5.41) is 3.88. The van der Waals surface area contributed by atoms with Gasteiger partial charge >= 0.3 is 0 Å². The molecule has 1 aromatic carbocycles. The molecular formula is C19H28N2. The van der Waals surface area contributed by atoms with Crippen molar-refractivity contribution in [3.05, 3.63) is 47.5 Å². The molecule has 0 bridgehead atoms. The normalized spacial score (nSPS) is 29.7. The van der Waals surface area contributed by atoms with Gasteiger partial charge in [0.25, 0.3) is 0 Å². The van der Waals surface area contributed by atoms with E-state index < -0.39 is 0 Å². The highest BCUT2D eigenvalue weighted by molar-refractivity contribution is 5.16. The van der Waals surface area contributed by atoms with Crippen LogP contribution in [0, 0.1) is 0 Å². The number of allylic oxidation sites excluding steroid dienone is 1. The summed E-state index contributed by atoms with van der Waals surface area (Å²) in [5.74, 6) is 0. The zero-order valence-electron chi connectivity index (χ0n) is 13.4. The lowest BCUT2D eigenvalue weighted by atomic mass is 9.85. The number of hydrogen-bond donors (Lipinski definition) is 1. The van der Waals surface area contributed by atoms with Crippen LogP contribution in [0.1, 0.15) is 45.1 Å². The van der Waals surface area contributed by atoms with Gasteiger partial charge in [0.1, 0.15) is 0 Å². The van der Waals surface area contributed by atoms with E-state index >= 15 is 0 Å². The number of nitrogens with zero attached hydrogens (tertiary/aromatic N) is 1. The zero-order chi connectivity index (χ0) is 14.7. The first-order valence-corrected chi connectivity index (χ1v) is 8.41. The summed E-state index contributed by atoms with van der Waals surface area (Å²) in [6.45, 7) is 6.64. The summed E-state index contributed by atoms with van der Waals surface area (Å²) in [7, 11) is 0. The molecule has 0 amide bonds. The molecule has 2 heteroatoms. The van der Waals surface area contributed by atoms with Crippen molar-refractivity contribution in [1.82, 2.24) is 10.2 Å². The minimum Gasteiger partial charge on any atom is -0.305 e. The van der Waals surface area contributed by atoms with E-state index in [0.29, 0.717) is 12.1 Å². The van der Waals surface area contributed by atoms with Crippen LogP contribution in [0.3, 0.4) is 0 Å². The number of benzene rings is 1. The van der Waals surface area contributed by atoms with Gasteiger partial charge in [-0.1, -0.05) is 54.8 Å². The molecule has 21 heavy (non-hydrogen) atoms. The quantitative estimate of drug-likeness (QED) is 0.851. The van der Waals surface area contributed by atoms with Crippen LogP contribution >= 0.6 is 0 Å². The van der Waals surface area contributed by atoms with E-state index in [0.717, 1.165) is 19.1 Å². The average molecular weight is 284 g/mol. The molecule has 0 spiro atoms. The fourth-order valence-electron chi connectivity index (χ4n) is 3.96. The third kappa shape index (κ3) is 3.75. The first-order valence-electron chi connectivity index (χ1n) is 8.41. The van der Waals surface area contributed by atoms with Gasteiger partial charge in [-0.25, -0.2) is 0 Å². The van der Waals surface area contributed by atoms with Crippen molar-refractivity contribution in [2.75, 3.05) is 6.54 Å². The van der Waals surface area contributed by atoms with Crippen LogP contribution in [0.2, 0.25) is 0 Å². The minimum absolute atomic E-state index is 0.512. The van der Waals surface area contributed by atoms with Gasteiger partial charge in [0.2, 0.25) is 0 Å². The second-order valence-electron chi connectivity index (χ2n) is 6.89. The summed E-state index contributed by atoms with van der Waals surface area (Å²) in [5.41, 5.74) is 2.86. The third-order valence-corrected chi connectivity index (χ3v) is 4.82. The highest BCUT2D eigenvalue weighted by Crippen LogP contribution is 2.28. The lowest BCUT2D eigenvalue weighted by molar-refractivity contribution is 0.0660.